The molecule has 0 aliphatic heterocycles. The van der Waals surface area contributed by atoms with Crippen LogP contribution in [0.2, 0.25) is 0 Å². The van der Waals surface area contributed by atoms with Crippen molar-refractivity contribution in [3.63, 3.8) is 0 Å². The van der Waals surface area contributed by atoms with E-state index in [-0.39, 0.29) is 29.6 Å². The minimum atomic E-state index is -0.625. The number of carbonyl (C=O) groups is 2. The van der Waals surface area contributed by atoms with Crippen molar-refractivity contribution in [2.24, 2.45) is 16.6 Å². The van der Waals surface area contributed by atoms with Crippen LogP contribution >= 0.6 is 0 Å². The van der Waals surface area contributed by atoms with E-state index in [9.17, 15) is 9.59 Å². The molecule has 0 fully saturated rings. The van der Waals surface area contributed by atoms with Crippen LogP contribution in [-0.2, 0) is 14.3 Å². The summed E-state index contributed by atoms with van der Waals surface area (Å²) in [5, 5.41) is 0. The van der Waals surface area contributed by atoms with Crippen LogP contribution in [0.25, 0.3) is 0 Å². The molecule has 0 amide bonds. The average molecular weight is 226 g/mol. The second kappa shape index (κ2) is 6.76. The monoisotopic (exact) mass is 226 g/mol. The molecule has 0 aromatic carbocycles. The van der Waals surface area contributed by atoms with Gasteiger partial charge in [-0.05, 0) is 6.92 Å². The largest absolute Gasteiger partial charge is 0.462 e. The maximum Gasteiger partial charge on any atom is 0.341 e. The van der Waals surface area contributed by atoms with Gasteiger partial charge in [0.05, 0.1) is 6.61 Å². The zero-order valence-electron chi connectivity index (χ0n) is 10.1. The first-order valence-electron chi connectivity index (χ1n) is 5.09. The van der Waals surface area contributed by atoms with E-state index in [0.717, 1.165) is 6.20 Å². The van der Waals surface area contributed by atoms with Crippen molar-refractivity contribution in [3.8, 4) is 0 Å². The lowest BCUT2D eigenvalue weighted by Crippen LogP contribution is -2.27. The molecular weight excluding hydrogens is 208 g/mol. The number of hydrogen-bond acceptors (Lipinski definition) is 5. The Kier molecular flexibility index (Phi) is 6.07. The Hall–Kier alpha value is -1.65. The third kappa shape index (κ3) is 3.49. The highest BCUT2D eigenvalue weighted by atomic mass is 16.5. The molecule has 0 heterocycles. The van der Waals surface area contributed by atoms with Crippen LogP contribution in [0.3, 0.4) is 0 Å². The highest BCUT2D eigenvalue weighted by molar-refractivity contribution is 6.51. The number of nitrogens with zero attached hydrogens (tertiary/aromatic N) is 1. The first kappa shape index (κ1) is 14.3. The van der Waals surface area contributed by atoms with Crippen LogP contribution in [0.5, 0.6) is 0 Å². The van der Waals surface area contributed by atoms with Crippen molar-refractivity contribution in [3.05, 3.63) is 11.8 Å². The van der Waals surface area contributed by atoms with E-state index in [1.165, 1.54) is 7.05 Å². The van der Waals surface area contributed by atoms with Gasteiger partial charge in [0.25, 0.3) is 0 Å². The Labute approximate surface area is 95.4 Å². The van der Waals surface area contributed by atoms with E-state index in [2.05, 4.69) is 4.99 Å². The van der Waals surface area contributed by atoms with Gasteiger partial charge in [0.15, 0.2) is 5.78 Å². The van der Waals surface area contributed by atoms with Gasteiger partial charge in [-0.25, -0.2) is 4.79 Å². The summed E-state index contributed by atoms with van der Waals surface area (Å²) >= 11 is 0. The SMILES string of the molecule is CCOC(=O)/C(=C/N)C(=NC)C(=O)C(C)C. The van der Waals surface area contributed by atoms with Crippen LogP contribution in [0.4, 0.5) is 0 Å². The van der Waals surface area contributed by atoms with E-state index < -0.39 is 5.97 Å². The predicted octanol–water partition coefficient (Wildman–Crippen LogP) is 0.688. The minimum absolute atomic E-state index is 0.0167. The van der Waals surface area contributed by atoms with E-state index in [1.807, 2.05) is 0 Å². The molecule has 2 N–H and O–H groups in total. The fourth-order valence-corrected chi connectivity index (χ4v) is 1.09. The molecule has 0 saturated carbocycles. The Bertz CT molecular complexity index is 330. The maximum absolute atomic E-state index is 11.7. The number of aliphatic imine (C=N–C) groups is 1. The van der Waals surface area contributed by atoms with Crippen molar-refractivity contribution in [1.82, 2.24) is 0 Å². The van der Waals surface area contributed by atoms with E-state index >= 15 is 0 Å². The number of carbonyl (C=O) groups excluding carboxylic acids is 2. The lowest BCUT2D eigenvalue weighted by atomic mass is 9.99. The van der Waals surface area contributed by atoms with Gasteiger partial charge in [-0.1, -0.05) is 13.8 Å². The summed E-state index contributed by atoms with van der Waals surface area (Å²) in [6.45, 7) is 5.36. The van der Waals surface area contributed by atoms with Crippen LogP contribution in [-0.4, -0.2) is 31.1 Å². The molecule has 90 valence electrons. The van der Waals surface area contributed by atoms with Crippen molar-refractivity contribution in [2.75, 3.05) is 13.7 Å². The van der Waals surface area contributed by atoms with Crippen molar-refractivity contribution in [1.29, 1.82) is 0 Å². The van der Waals surface area contributed by atoms with Crippen LogP contribution < -0.4 is 5.73 Å². The molecule has 0 spiro atoms. The highest BCUT2D eigenvalue weighted by Gasteiger charge is 2.24. The molecule has 0 aromatic heterocycles. The molecule has 0 aromatic rings. The first-order valence-corrected chi connectivity index (χ1v) is 5.09. The summed E-state index contributed by atoms with van der Waals surface area (Å²) in [5.41, 5.74) is 5.40. The van der Waals surface area contributed by atoms with E-state index in [4.69, 9.17) is 10.5 Å². The Morgan fingerprint density at radius 2 is 2.00 bits per heavy atom. The van der Waals surface area contributed by atoms with E-state index in [1.54, 1.807) is 20.8 Å². The zero-order valence-corrected chi connectivity index (χ0v) is 10.1. The highest BCUT2D eigenvalue weighted by Crippen LogP contribution is 2.07. The molecule has 0 aliphatic carbocycles. The quantitative estimate of drug-likeness (QED) is 0.425. The Morgan fingerprint density at radius 3 is 2.31 bits per heavy atom. The molecule has 0 aliphatic rings. The molecule has 0 bridgehead atoms. The number of ketones is 1. The smallest absolute Gasteiger partial charge is 0.341 e. The summed E-state index contributed by atoms with van der Waals surface area (Å²) in [4.78, 5) is 27.0. The van der Waals surface area contributed by atoms with Crippen molar-refractivity contribution >= 4 is 17.5 Å². The van der Waals surface area contributed by atoms with Gasteiger partial charge in [-0.3, -0.25) is 9.79 Å². The number of rotatable bonds is 5. The zero-order chi connectivity index (χ0) is 12.7. The fourth-order valence-electron chi connectivity index (χ4n) is 1.09. The van der Waals surface area contributed by atoms with Gasteiger partial charge >= 0.3 is 5.97 Å². The molecule has 5 nitrogen and oxygen atoms in total. The fraction of sp³-hybridized carbons (Fsp3) is 0.545. The van der Waals surface area contributed by atoms with Gasteiger partial charge in [0.2, 0.25) is 0 Å². The van der Waals surface area contributed by atoms with Crippen LogP contribution in [0.1, 0.15) is 20.8 Å². The predicted molar refractivity (Wildman–Crippen MR) is 62.1 cm³/mol. The average Bonchev–Trinajstić information content (AvgIpc) is 2.24. The topological polar surface area (TPSA) is 81.8 Å². The van der Waals surface area contributed by atoms with Gasteiger partial charge < -0.3 is 10.5 Å². The van der Waals surface area contributed by atoms with Gasteiger partial charge in [0, 0.05) is 19.2 Å². The third-order valence-corrected chi connectivity index (χ3v) is 1.90. The molecule has 0 unspecified atom stereocenters. The minimum Gasteiger partial charge on any atom is -0.462 e. The van der Waals surface area contributed by atoms with Crippen LogP contribution in [0.15, 0.2) is 16.8 Å². The number of nitrogens with two attached hydrogens (primary N) is 1. The molecule has 0 radical (unpaired) electrons. The van der Waals surface area contributed by atoms with E-state index in [0.29, 0.717) is 0 Å². The summed E-state index contributed by atoms with van der Waals surface area (Å²) < 4.78 is 4.79. The Balaban J connectivity index is 5.09. The van der Waals surface area contributed by atoms with Gasteiger partial charge in [-0.2, -0.15) is 0 Å². The lowest BCUT2D eigenvalue weighted by molar-refractivity contribution is -0.138. The Morgan fingerprint density at radius 1 is 1.44 bits per heavy atom. The van der Waals surface area contributed by atoms with Crippen molar-refractivity contribution in [2.45, 2.75) is 20.8 Å². The summed E-state index contributed by atoms with van der Waals surface area (Å²) in [6, 6.07) is 0. The third-order valence-electron chi connectivity index (χ3n) is 1.90. The van der Waals surface area contributed by atoms with Gasteiger partial charge in [-0.15, -0.1) is 0 Å². The number of esters is 1. The molecular formula is C11H18N2O3. The van der Waals surface area contributed by atoms with Gasteiger partial charge in [0.1, 0.15) is 11.3 Å². The molecule has 5 heteroatoms. The molecule has 0 atom stereocenters. The maximum atomic E-state index is 11.7. The molecule has 0 saturated heterocycles. The first-order chi connectivity index (χ1) is 7.49. The number of ether oxygens (including phenoxy) is 1. The molecule has 16 heavy (non-hydrogen) atoms. The summed E-state index contributed by atoms with van der Waals surface area (Å²) in [7, 11) is 1.44. The summed E-state index contributed by atoms with van der Waals surface area (Å²) in [5.74, 6) is -1.10. The number of hydrogen-bond donors (Lipinski definition) is 1. The second-order valence-corrected chi connectivity index (χ2v) is 3.39. The van der Waals surface area contributed by atoms with Crippen molar-refractivity contribution < 1.29 is 14.3 Å². The summed E-state index contributed by atoms with van der Waals surface area (Å²) in [6.07, 6.45) is 1.06. The van der Waals surface area contributed by atoms with Crippen LogP contribution in [0, 0.1) is 5.92 Å². The standard InChI is InChI=1S/C11H18N2O3/c1-5-16-11(15)8(6-12)9(13-4)10(14)7(2)3/h6-7H,5,12H2,1-4H3/b8-6+,13-9?. The number of Topliss-reactive ketones (excluding diaryl/α,β-unsaturated/α-hetero) is 1. The lowest BCUT2D eigenvalue weighted by Gasteiger charge is -2.10. The molecule has 0 rings (SSSR count). The normalized spacial score (nSPS) is 12.8. The second-order valence-electron chi connectivity index (χ2n) is 3.39.